The van der Waals surface area contributed by atoms with Crippen LogP contribution in [0.25, 0.3) is 0 Å². The van der Waals surface area contributed by atoms with Gasteiger partial charge >= 0.3 is 0 Å². The van der Waals surface area contributed by atoms with Gasteiger partial charge in [0, 0.05) is 20.3 Å². The SMILES string of the molecule is CCOc1ccc(OCc2nc(C#N)c(NCCCOC)o2)cc1. The van der Waals surface area contributed by atoms with Crippen LogP contribution in [0.15, 0.2) is 28.7 Å². The summed E-state index contributed by atoms with van der Waals surface area (Å²) in [4.78, 5) is 4.12. The molecule has 1 aromatic heterocycles. The summed E-state index contributed by atoms with van der Waals surface area (Å²) in [7, 11) is 1.64. The average molecular weight is 331 g/mol. The molecule has 0 spiro atoms. The molecule has 1 heterocycles. The number of aromatic nitrogens is 1. The van der Waals surface area contributed by atoms with Crippen molar-refractivity contribution in [3.05, 3.63) is 35.9 Å². The normalized spacial score (nSPS) is 10.2. The molecule has 0 unspecified atom stereocenters. The number of nitrogens with zero attached hydrogens (tertiary/aromatic N) is 2. The zero-order chi connectivity index (χ0) is 17.2. The third kappa shape index (κ3) is 5.18. The van der Waals surface area contributed by atoms with Gasteiger partial charge in [0.15, 0.2) is 6.61 Å². The monoisotopic (exact) mass is 331 g/mol. The van der Waals surface area contributed by atoms with Crippen LogP contribution >= 0.6 is 0 Å². The van der Waals surface area contributed by atoms with Crippen molar-refractivity contribution in [2.45, 2.75) is 20.0 Å². The minimum absolute atomic E-state index is 0.141. The molecule has 0 saturated carbocycles. The molecule has 0 saturated heterocycles. The second-order valence-corrected chi connectivity index (χ2v) is 4.86. The summed E-state index contributed by atoms with van der Waals surface area (Å²) in [6.45, 7) is 3.96. The Morgan fingerprint density at radius 3 is 2.54 bits per heavy atom. The van der Waals surface area contributed by atoms with E-state index >= 15 is 0 Å². The zero-order valence-electron chi connectivity index (χ0n) is 13.9. The highest BCUT2D eigenvalue weighted by atomic mass is 16.5. The first-order valence-corrected chi connectivity index (χ1v) is 7.75. The van der Waals surface area contributed by atoms with Gasteiger partial charge in [0.25, 0.3) is 0 Å². The summed E-state index contributed by atoms with van der Waals surface area (Å²) in [5, 5.41) is 12.1. The van der Waals surface area contributed by atoms with E-state index in [-0.39, 0.29) is 12.3 Å². The maximum Gasteiger partial charge on any atom is 0.236 e. The Hall–Kier alpha value is -2.72. The van der Waals surface area contributed by atoms with Crippen LogP contribution < -0.4 is 14.8 Å². The van der Waals surface area contributed by atoms with Crippen molar-refractivity contribution in [3.63, 3.8) is 0 Å². The van der Waals surface area contributed by atoms with Crippen LogP contribution in [0.4, 0.5) is 5.88 Å². The lowest BCUT2D eigenvalue weighted by Crippen LogP contribution is -2.04. The summed E-state index contributed by atoms with van der Waals surface area (Å²) in [5.74, 6) is 2.16. The van der Waals surface area contributed by atoms with Crippen molar-refractivity contribution >= 4 is 5.88 Å². The van der Waals surface area contributed by atoms with Crippen LogP contribution in [0.3, 0.4) is 0 Å². The van der Waals surface area contributed by atoms with E-state index in [1.807, 2.05) is 37.3 Å². The molecule has 2 rings (SSSR count). The molecule has 0 aliphatic rings. The number of benzene rings is 1. The van der Waals surface area contributed by atoms with Gasteiger partial charge in [-0.1, -0.05) is 0 Å². The lowest BCUT2D eigenvalue weighted by Gasteiger charge is -2.06. The van der Waals surface area contributed by atoms with E-state index in [9.17, 15) is 0 Å². The van der Waals surface area contributed by atoms with Crippen molar-refractivity contribution in [1.29, 1.82) is 5.26 Å². The smallest absolute Gasteiger partial charge is 0.236 e. The van der Waals surface area contributed by atoms with Crippen molar-refractivity contribution in [3.8, 4) is 17.6 Å². The van der Waals surface area contributed by atoms with E-state index in [4.69, 9.17) is 23.9 Å². The van der Waals surface area contributed by atoms with Gasteiger partial charge in [-0.3, -0.25) is 0 Å². The maximum absolute atomic E-state index is 9.11. The van der Waals surface area contributed by atoms with Crippen LogP contribution in [-0.4, -0.2) is 31.9 Å². The fourth-order valence-electron chi connectivity index (χ4n) is 1.98. The summed E-state index contributed by atoms with van der Waals surface area (Å²) >= 11 is 0. The van der Waals surface area contributed by atoms with Gasteiger partial charge in [0.05, 0.1) is 6.61 Å². The third-order valence-corrected chi connectivity index (χ3v) is 3.09. The van der Waals surface area contributed by atoms with Gasteiger partial charge in [-0.15, -0.1) is 0 Å². The summed E-state index contributed by atoms with van der Waals surface area (Å²) in [5.41, 5.74) is 0.220. The molecule has 0 fully saturated rings. The van der Waals surface area contributed by atoms with Crippen molar-refractivity contribution in [1.82, 2.24) is 4.98 Å². The van der Waals surface area contributed by atoms with Crippen molar-refractivity contribution in [2.24, 2.45) is 0 Å². The van der Waals surface area contributed by atoms with Gasteiger partial charge in [-0.25, -0.2) is 0 Å². The Balaban J connectivity index is 1.90. The lowest BCUT2D eigenvalue weighted by atomic mass is 10.3. The lowest BCUT2D eigenvalue weighted by molar-refractivity contribution is 0.197. The molecule has 1 aromatic carbocycles. The Morgan fingerprint density at radius 2 is 1.92 bits per heavy atom. The van der Waals surface area contributed by atoms with E-state index in [0.29, 0.717) is 37.3 Å². The van der Waals surface area contributed by atoms with Gasteiger partial charge in [-0.2, -0.15) is 10.2 Å². The molecule has 7 nitrogen and oxygen atoms in total. The highest BCUT2D eigenvalue weighted by molar-refractivity contribution is 5.45. The number of hydrogen-bond donors (Lipinski definition) is 1. The van der Waals surface area contributed by atoms with Gasteiger partial charge in [0.1, 0.15) is 17.6 Å². The Labute approximate surface area is 141 Å². The summed E-state index contributed by atoms with van der Waals surface area (Å²) < 4.78 is 21.5. The molecule has 0 atom stereocenters. The fraction of sp³-hybridized carbons (Fsp3) is 0.412. The number of methoxy groups -OCH3 is 1. The number of ether oxygens (including phenoxy) is 3. The molecule has 0 aliphatic carbocycles. The van der Waals surface area contributed by atoms with Crippen LogP contribution in [0.1, 0.15) is 24.9 Å². The first kappa shape index (κ1) is 17.6. The quantitative estimate of drug-likeness (QED) is 0.669. The van der Waals surface area contributed by atoms with Gasteiger partial charge in [0.2, 0.25) is 17.5 Å². The standard InChI is InChI=1S/C17H21N3O4/c1-3-22-13-5-7-14(8-6-13)23-12-16-20-15(11-18)17(24-16)19-9-4-10-21-2/h5-8,19H,3-4,9-10,12H2,1-2H3. The fourth-order valence-corrected chi connectivity index (χ4v) is 1.98. The molecule has 0 amide bonds. The van der Waals surface area contributed by atoms with Crippen LogP contribution in [0.2, 0.25) is 0 Å². The molecule has 7 heteroatoms. The number of nitriles is 1. The number of oxazole rings is 1. The first-order chi connectivity index (χ1) is 11.8. The Morgan fingerprint density at radius 1 is 1.21 bits per heavy atom. The molecule has 0 radical (unpaired) electrons. The predicted molar refractivity (Wildman–Crippen MR) is 88.1 cm³/mol. The second kappa shape index (κ2) is 9.43. The maximum atomic E-state index is 9.11. The number of rotatable bonds is 10. The minimum Gasteiger partial charge on any atom is -0.494 e. The first-order valence-electron chi connectivity index (χ1n) is 7.75. The topological polar surface area (TPSA) is 89.5 Å². The summed E-state index contributed by atoms with van der Waals surface area (Å²) in [6.07, 6.45) is 0.806. The van der Waals surface area contributed by atoms with Crippen LogP contribution in [0.5, 0.6) is 11.5 Å². The van der Waals surface area contributed by atoms with E-state index in [1.54, 1.807) is 7.11 Å². The third-order valence-electron chi connectivity index (χ3n) is 3.09. The number of hydrogen-bond acceptors (Lipinski definition) is 7. The largest absolute Gasteiger partial charge is 0.494 e. The van der Waals surface area contributed by atoms with E-state index in [1.165, 1.54) is 0 Å². The second-order valence-electron chi connectivity index (χ2n) is 4.86. The molecule has 2 aromatic rings. The minimum atomic E-state index is 0.141. The molecule has 0 aliphatic heterocycles. The van der Waals surface area contributed by atoms with Gasteiger partial charge < -0.3 is 23.9 Å². The molecular formula is C17H21N3O4. The summed E-state index contributed by atoms with van der Waals surface area (Å²) in [6, 6.07) is 9.29. The van der Waals surface area contributed by atoms with Crippen molar-refractivity contribution in [2.75, 3.05) is 32.2 Å². The zero-order valence-corrected chi connectivity index (χ0v) is 13.9. The van der Waals surface area contributed by atoms with Crippen molar-refractivity contribution < 1.29 is 18.6 Å². The average Bonchev–Trinajstić information content (AvgIpc) is 3.01. The molecule has 128 valence electrons. The van der Waals surface area contributed by atoms with Crippen LogP contribution in [-0.2, 0) is 11.3 Å². The highest BCUT2D eigenvalue weighted by Gasteiger charge is 2.13. The van der Waals surface area contributed by atoms with Gasteiger partial charge in [-0.05, 0) is 37.6 Å². The Kier molecular flexibility index (Phi) is 6.92. The molecule has 0 bridgehead atoms. The predicted octanol–water partition coefficient (Wildman–Crippen LogP) is 2.97. The number of anilines is 1. The highest BCUT2D eigenvalue weighted by Crippen LogP contribution is 2.21. The van der Waals surface area contributed by atoms with E-state index in [2.05, 4.69) is 10.3 Å². The van der Waals surface area contributed by atoms with E-state index in [0.717, 1.165) is 12.2 Å². The number of nitrogens with one attached hydrogen (secondary N) is 1. The van der Waals surface area contributed by atoms with Crippen LogP contribution in [0, 0.1) is 11.3 Å². The molecular weight excluding hydrogens is 310 g/mol. The Bertz CT molecular complexity index is 661. The van der Waals surface area contributed by atoms with E-state index < -0.39 is 0 Å². The molecule has 24 heavy (non-hydrogen) atoms. The molecule has 1 N–H and O–H groups in total.